The molecule has 148 valence electrons. The molecule has 1 aliphatic rings. The quantitative estimate of drug-likeness (QED) is 0.594. The number of nitrogens with zero attached hydrogens (tertiary/aromatic N) is 2. The van der Waals surface area contributed by atoms with Gasteiger partial charge in [0.2, 0.25) is 18.6 Å². The Morgan fingerprint density at radius 2 is 1.86 bits per heavy atom. The Hall–Kier alpha value is -3.53. The van der Waals surface area contributed by atoms with E-state index in [-0.39, 0.29) is 17.8 Å². The van der Waals surface area contributed by atoms with Gasteiger partial charge in [-0.2, -0.15) is 0 Å². The molecule has 0 unspecified atom stereocenters. The van der Waals surface area contributed by atoms with Gasteiger partial charge in [-0.25, -0.2) is 4.79 Å². The highest BCUT2D eigenvalue weighted by Crippen LogP contribution is 2.35. The summed E-state index contributed by atoms with van der Waals surface area (Å²) in [6, 6.07) is 14.1. The number of fused-ring (bicyclic) bond motifs is 1. The summed E-state index contributed by atoms with van der Waals surface area (Å²) in [4.78, 5) is 23.7. The lowest BCUT2D eigenvalue weighted by Gasteiger charge is -2.06. The van der Waals surface area contributed by atoms with Crippen molar-refractivity contribution in [1.82, 2.24) is 20.8 Å². The van der Waals surface area contributed by atoms with E-state index in [1.807, 2.05) is 30.3 Å². The highest BCUT2D eigenvalue weighted by atomic mass is 32.2. The Balaban J connectivity index is 1.25. The highest BCUT2D eigenvalue weighted by Gasteiger charge is 2.17. The maximum Gasteiger partial charge on any atom is 0.321 e. The van der Waals surface area contributed by atoms with Gasteiger partial charge in [0, 0.05) is 12.1 Å². The monoisotopic (exact) mass is 412 g/mol. The first-order valence-corrected chi connectivity index (χ1v) is 9.64. The summed E-state index contributed by atoms with van der Waals surface area (Å²) >= 11 is 1.04. The molecule has 3 aromatic rings. The van der Waals surface area contributed by atoms with Gasteiger partial charge in [0.1, 0.15) is 0 Å². The fraction of sp³-hybridized carbons (Fsp3) is 0.158. The number of carbonyl (C=O) groups is 2. The van der Waals surface area contributed by atoms with E-state index in [1.54, 1.807) is 18.2 Å². The molecular weight excluding hydrogens is 396 g/mol. The van der Waals surface area contributed by atoms with Gasteiger partial charge in [-0.15, -0.1) is 10.2 Å². The van der Waals surface area contributed by atoms with Crippen molar-refractivity contribution in [2.45, 2.75) is 11.8 Å². The summed E-state index contributed by atoms with van der Waals surface area (Å²) in [7, 11) is 0. The van der Waals surface area contributed by atoms with E-state index in [0.29, 0.717) is 29.5 Å². The average molecular weight is 412 g/mol. The largest absolute Gasteiger partial charge is 0.454 e. The van der Waals surface area contributed by atoms with Crippen LogP contribution in [0.4, 0.5) is 4.79 Å². The van der Waals surface area contributed by atoms with Crippen molar-refractivity contribution in [3.05, 3.63) is 54.1 Å². The third-order valence-electron chi connectivity index (χ3n) is 3.90. The lowest BCUT2D eigenvalue weighted by molar-refractivity contribution is -0.117. The molecule has 0 spiro atoms. The number of benzene rings is 2. The Labute approximate surface area is 169 Å². The number of hydrogen-bond donors (Lipinski definition) is 2. The van der Waals surface area contributed by atoms with Crippen molar-refractivity contribution in [1.29, 1.82) is 0 Å². The van der Waals surface area contributed by atoms with Gasteiger partial charge in [0.15, 0.2) is 11.5 Å². The number of urea groups is 1. The number of carbonyl (C=O) groups excluding carboxylic acids is 2. The van der Waals surface area contributed by atoms with Crippen LogP contribution in [-0.4, -0.2) is 34.7 Å². The van der Waals surface area contributed by atoms with Crippen molar-refractivity contribution in [2.24, 2.45) is 0 Å². The van der Waals surface area contributed by atoms with E-state index in [9.17, 15) is 9.59 Å². The zero-order valence-electron chi connectivity index (χ0n) is 15.1. The van der Waals surface area contributed by atoms with Gasteiger partial charge in [-0.05, 0) is 23.8 Å². The predicted molar refractivity (Wildman–Crippen MR) is 103 cm³/mol. The minimum absolute atomic E-state index is 0.0401. The van der Waals surface area contributed by atoms with E-state index >= 15 is 0 Å². The molecule has 1 aliphatic heterocycles. The SMILES string of the molecule is O=C(CSc1nnc(-c2ccc3c(c2)OCO3)o1)NC(=O)NCc1ccccc1. The molecule has 0 radical (unpaired) electrons. The first-order chi connectivity index (χ1) is 14.2. The standard InChI is InChI=1S/C19H16N4O5S/c24-16(21-18(25)20-9-12-4-2-1-3-5-12)10-29-19-23-22-17(28-19)13-6-7-14-15(8-13)27-11-26-14/h1-8H,9-11H2,(H2,20,21,24,25). The van der Waals surface area contributed by atoms with E-state index < -0.39 is 11.9 Å². The molecule has 29 heavy (non-hydrogen) atoms. The third kappa shape index (κ3) is 4.85. The molecule has 4 rings (SSSR count). The lowest BCUT2D eigenvalue weighted by Crippen LogP contribution is -2.39. The zero-order valence-corrected chi connectivity index (χ0v) is 15.9. The smallest absolute Gasteiger partial charge is 0.321 e. The first kappa shape index (κ1) is 18.8. The predicted octanol–water partition coefficient (Wildman–Crippen LogP) is 2.58. The number of aromatic nitrogens is 2. The van der Waals surface area contributed by atoms with Crippen LogP contribution in [0.15, 0.2) is 58.2 Å². The van der Waals surface area contributed by atoms with Crippen molar-refractivity contribution in [3.8, 4) is 23.0 Å². The summed E-state index contributed by atoms with van der Waals surface area (Å²) < 4.78 is 16.1. The molecule has 0 atom stereocenters. The Kier molecular flexibility index (Phi) is 5.61. The minimum atomic E-state index is -0.564. The van der Waals surface area contributed by atoms with Gasteiger partial charge in [0.05, 0.1) is 5.75 Å². The lowest BCUT2D eigenvalue weighted by atomic mass is 10.2. The Morgan fingerprint density at radius 3 is 2.72 bits per heavy atom. The van der Waals surface area contributed by atoms with Crippen LogP contribution in [0.25, 0.3) is 11.5 Å². The van der Waals surface area contributed by atoms with Crippen LogP contribution < -0.4 is 20.1 Å². The van der Waals surface area contributed by atoms with E-state index in [2.05, 4.69) is 20.8 Å². The van der Waals surface area contributed by atoms with Crippen LogP contribution in [0.1, 0.15) is 5.56 Å². The molecule has 3 amide bonds. The van der Waals surface area contributed by atoms with Gasteiger partial charge < -0.3 is 19.2 Å². The molecule has 10 heteroatoms. The molecule has 0 aliphatic carbocycles. The van der Waals surface area contributed by atoms with Crippen LogP contribution in [0.5, 0.6) is 11.5 Å². The maximum absolute atomic E-state index is 11.9. The van der Waals surface area contributed by atoms with Crippen LogP contribution in [0.3, 0.4) is 0 Å². The maximum atomic E-state index is 11.9. The summed E-state index contributed by atoms with van der Waals surface area (Å²) in [5, 5.41) is 13.0. The summed E-state index contributed by atoms with van der Waals surface area (Å²) in [6.45, 7) is 0.507. The second kappa shape index (κ2) is 8.65. The molecule has 0 saturated heterocycles. The van der Waals surface area contributed by atoms with E-state index in [1.165, 1.54) is 0 Å². The zero-order chi connectivity index (χ0) is 20.1. The van der Waals surface area contributed by atoms with Crippen molar-refractivity contribution in [2.75, 3.05) is 12.5 Å². The molecule has 0 saturated carbocycles. The fourth-order valence-electron chi connectivity index (χ4n) is 2.53. The number of ether oxygens (including phenoxy) is 2. The molecule has 0 bridgehead atoms. The summed E-state index contributed by atoms with van der Waals surface area (Å²) in [5.41, 5.74) is 1.62. The second-order valence-corrected chi connectivity index (χ2v) is 6.87. The fourth-order valence-corrected chi connectivity index (χ4v) is 3.09. The van der Waals surface area contributed by atoms with Crippen LogP contribution in [0, 0.1) is 0 Å². The van der Waals surface area contributed by atoms with Gasteiger partial charge >= 0.3 is 6.03 Å². The number of amides is 3. The van der Waals surface area contributed by atoms with Crippen molar-refractivity contribution >= 4 is 23.7 Å². The molecule has 0 fully saturated rings. The average Bonchev–Trinajstić information content (AvgIpc) is 3.40. The van der Waals surface area contributed by atoms with Crippen molar-refractivity contribution < 1.29 is 23.5 Å². The number of imide groups is 1. The van der Waals surface area contributed by atoms with E-state index in [4.69, 9.17) is 13.9 Å². The van der Waals surface area contributed by atoms with E-state index in [0.717, 1.165) is 17.3 Å². The molecule has 2 N–H and O–H groups in total. The number of thioether (sulfide) groups is 1. The van der Waals surface area contributed by atoms with Crippen molar-refractivity contribution in [3.63, 3.8) is 0 Å². The van der Waals surface area contributed by atoms with Gasteiger partial charge in [-0.3, -0.25) is 10.1 Å². The first-order valence-electron chi connectivity index (χ1n) is 8.65. The molecule has 1 aromatic heterocycles. The topological polar surface area (TPSA) is 116 Å². The molecular formula is C19H16N4O5S. The second-order valence-electron chi connectivity index (χ2n) is 5.95. The number of nitrogens with one attached hydrogen (secondary N) is 2. The Bertz CT molecular complexity index is 1020. The molecule has 2 heterocycles. The number of hydrogen-bond acceptors (Lipinski definition) is 8. The Morgan fingerprint density at radius 1 is 1.03 bits per heavy atom. The van der Waals surface area contributed by atoms with Gasteiger partial charge in [-0.1, -0.05) is 42.1 Å². The highest BCUT2D eigenvalue weighted by molar-refractivity contribution is 7.99. The molecule has 9 nitrogen and oxygen atoms in total. The summed E-state index contributed by atoms with van der Waals surface area (Å²) in [6.07, 6.45) is 0. The third-order valence-corrected chi connectivity index (χ3v) is 4.72. The normalized spacial score (nSPS) is 11.9. The van der Waals surface area contributed by atoms with Crippen LogP contribution >= 0.6 is 11.8 Å². The summed E-state index contributed by atoms with van der Waals surface area (Å²) in [5.74, 6) is 1.05. The van der Waals surface area contributed by atoms with Crippen LogP contribution in [0.2, 0.25) is 0 Å². The number of rotatable bonds is 6. The minimum Gasteiger partial charge on any atom is -0.454 e. The molecule has 2 aromatic carbocycles. The van der Waals surface area contributed by atoms with Gasteiger partial charge in [0.25, 0.3) is 5.22 Å². The van der Waals surface area contributed by atoms with Crippen LogP contribution in [-0.2, 0) is 11.3 Å².